The van der Waals surface area contributed by atoms with E-state index in [1.54, 1.807) is 37.9 Å². The van der Waals surface area contributed by atoms with Gasteiger partial charge in [-0.05, 0) is 20.8 Å². The molecule has 0 aromatic carbocycles. The fourth-order valence-corrected chi connectivity index (χ4v) is 4.04. The first-order valence-corrected chi connectivity index (χ1v) is 9.33. The van der Waals surface area contributed by atoms with Crippen LogP contribution in [0.15, 0.2) is 41.3 Å². The first-order valence-electron chi connectivity index (χ1n) is 7.85. The van der Waals surface area contributed by atoms with Crippen molar-refractivity contribution >= 4 is 15.5 Å². The smallest absolute Gasteiger partial charge is 0.216 e. The highest BCUT2D eigenvalue weighted by molar-refractivity contribution is 7.96. The van der Waals surface area contributed by atoms with E-state index in [0.717, 1.165) is 12.1 Å². The molecule has 1 unspecified atom stereocenters. The maximum atomic E-state index is 13.5. The van der Waals surface area contributed by atoms with E-state index < -0.39 is 32.6 Å². The van der Waals surface area contributed by atoms with E-state index in [2.05, 4.69) is 10.3 Å². The van der Waals surface area contributed by atoms with Crippen LogP contribution in [0.25, 0.3) is 5.70 Å². The molecule has 0 radical (unpaired) electrons. The zero-order valence-electron chi connectivity index (χ0n) is 14.7. The minimum absolute atomic E-state index is 0.00773. The van der Waals surface area contributed by atoms with Gasteiger partial charge in [-0.25, -0.2) is 8.42 Å². The van der Waals surface area contributed by atoms with Crippen molar-refractivity contribution in [2.24, 2.45) is 0 Å². The summed E-state index contributed by atoms with van der Waals surface area (Å²) in [5.41, 5.74) is 0.659. The van der Waals surface area contributed by atoms with Crippen LogP contribution in [0.1, 0.15) is 26.3 Å². The summed E-state index contributed by atoms with van der Waals surface area (Å²) >= 11 is 0. The van der Waals surface area contributed by atoms with Crippen LogP contribution >= 0.6 is 0 Å². The van der Waals surface area contributed by atoms with Crippen LogP contribution in [0.4, 0.5) is 8.78 Å². The molecule has 0 saturated heterocycles. The molecule has 0 bridgehead atoms. The first-order chi connectivity index (χ1) is 12.0. The summed E-state index contributed by atoms with van der Waals surface area (Å²) in [6, 6.07) is 2.17. The third kappa shape index (κ3) is 2.96. The third-order valence-electron chi connectivity index (χ3n) is 4.15. The molecule has 0 spiro atoms. The second-order valence-electron chi connectivity index (χ2n) is 6.89. The Morgan fingerprint density at radius 2 is 1.85 bits per heavy atom. The lowest BCUT2D eigenvalue weighted by Crippen LogP contribution is -2.38. The number of methoxy groups -OCH3 is 1. The van der Waals surface area contributed by atoms with Crippen LogP contribution in [0.5, 0.6) is 0 Å². The monoisotopic (exact) mass is 383 g/mol. The van der Waals surface area contributed by atoms with E-state index in [4.69, 9.17) is 4.74 Å². The summed E-state index contributed by atoms with van der Waals surface area (Å²) in [5, 5.41) is 3.02. The summed E-state index contributed by atoms with van der Waals surface area (Å²) in [7, 11) is -2.32. The van der Waals surface area contributed by atoms with Crippen molar-refractivity contribution < 1.29 is 21.9 Å². The molecule has 1 N–H and O–H groups in total. The van der Waals surface area contributed by atoms with Crippen LogP contribution in [0, 0.1) is 11.9 Å². The average molecular weight is 383 g/mol. The van der Waals surface area contributed by atoms with Crippen molar-refractivity contribution in [3.05, 3.63) is 58.7 Å². The predicted molar refractivity (Wildman–Crippen MR) is 92.7 cm³/mol. The van der Waals surface area contributed by atoms with Crippen molar-refractivity contribution in [1.82, 2.24) is 15.2 Å². The molecule has 26 heavy (non-hydrogen) atoms. The van der Waals surface area contributed by atoms with E-state index in [1.807, 2.05) is 0 Å². The van der Waals surface area contributed by atoms with Crippen LogP contribution in [-0.4, -0.2) is 36.3 Å². The van der Waals surface area contributed by atoms with Crippen LogP contribution in [0.3, 0.4) is 0 Å². The molecule has 0 saturated carbocycles. The minimum atomic E-state index is -3.71. The Hall–Kier alpha value is -2.42. The van der Waals surface area contributed by atoms with Crippen molar-refractivity contribution in [3.8, 4) is 0 Å². The number of hydrogen-bond donors (Lipinski definition) is 1. The number of nitrogens with one attached hydrogen (secondary N) is 1. The quantitative estimate of drug-likeness (QED) is 0.809. The number of nitrogens with zero attached hydrogens (tertiary/aromatic N) is 2. The standard InChI is InChI=1S/C17H19F2N3O3S/c1-17(2,3)26(23,24)13-9-22-11(8-20-16(22)7-12(13)25-4)10-5-14(18)21-15(19)6-10/h5-9,16,20H,1-4H3. The van der Waals surface area contributed by atoms with Crippen molar-refractivity contribution in [3.63, 3.8) is 0 Å². The van der Waals surface area contributed by atoms with E-state index in [-0.39, 0.29) is 16.2 Å². The number of halogens is 2. The topological polar surface area (TPSA) is 71.5 Å². The summed E-state index contributed by atoms with van der Waals surface area (Å²) in [5.74, 6) is -1.70. The van der Waals surface area contributed by atoms with Gasteiger partial charge in [0.05, 0.1) is 17.6 Å². The maximum absolute atomic E-state index is 13.5. The Labute approximate surface area is 150 Å². The first kappa shape index (κ1) is 18.4. The Kier molecular flexibility index (Phi) is 4.30. The van der Waals surface area contributed by atoms with Gasteiger partial charge in [0.2, 0.25) is 11.9 Å². The molecule has 1 aromatic heterocycles. The molecule has 2 aliphatic rings. The number of rotatable bonds is 3. The Morgan fingerprint density at radius 3 is 2.38 bits per heavy atom. The molecular formula is C17H19F2N3O3S. The highest BCUT2D eigenvalue weighted by Crippen LogP contribution is 2.37. The van der Waals surface area contributed by atoms with Gasteiger partial charge in [-0.3, -0.25) is 0 Å². The molecule has 0 amide bonds. The summed E-state index contributed by atoms with van der Waals surface area (Å²) in [6.45, 7) is 4.78. The molecule has 140 valence electrons. The van der Waals surface area contributed by atoms with Crippen LogP contribution in [0.2, 0.25) is 0 Å². The van der Waals surface area contributed by atoms with Crippen molar-refractivity contribution in [2.75, 3.05) is 7.11 Å². The van der Waals surface area contributed by atoms with E-state index in [9.17, 15) is 17.2 Å². The Bertz CT molecular complexity index is 926. The number of sulfone groups is 1. The highest BCUT2D eigenvalue weighted by atomic mass is 32.2. The molecule has 1 atom stereocenters. The van der Waals surface area contributed by atoms with Gasteiger partial charge in [0, 0.05) is 36.2 Å². The summed E-state index contributed by atoms with van der Waals surface area (Å²) in [4.78, 5) is 4.68. The molecule has 0 aliphatic carbocycles. The second-order valence-corrected chi connectivity index (χ2v) is 9.57. The lowest BCUT2D eigenvalue weighted by Gasteiger charge is -2.32. The fraction of sp³-hybridized carbons (Fsp3) is 0.353. The minimum Gasteiger partial charge on any atom is -0.496 e. The highest BCUT2D eigenvalue weighted by Gasteiger charge is 2.40. The Morgan fingerprint density at radius 1 is 1.23 bits per heavy atom. The molecule has 0 fully saturated rings. The third-order valence-corrected chi connectivity index (χ3v) is 6.65. The largest absolute Gasteiger partial charge is 0.496 e. The van der Waals surface area contributed by atoms with Crippen molar-refractivity contribution in [2.45, 2.75) is 31.7 Å². The number of fused-ring (bicyclic) bond motifs is 1. The number of pyridine rings is 1. The lowest BCUT2D eigenvalue weighted by atomic mass is 10.1. The SMILES string of the molecule is COC1=CC2NC=C(c3cc(F)nc(F)c3)N2C=C1S(=O)(=O)C(C)(C)C. The second kappa shape index (κ2) is 6.08. The molecular weight excluding hydrogens is 364 g/mol. The van der Waals surface area contributed by atoms with E-state index in [1.165, 1.54) is 13.3 Å². The molecule has 3 rings (SSSR count). The van der Waals surface area contributed by atoms with Gasteiger partial charge in [-0.1, -0.05) is 0 Å². The lowest BCUT2D eigenvalue weighted by molar-refractivity contribution is 0.286. The summed E-state index contributed by atoms with van der Waals surface area (Å²) < 4.78 is 57.0. The van der Waals surface area contributed by atoms with Crippen LogP contribution < -0.4 is 5.32 Å². The number of aromatic nitrogens is 1. The van der Waals surface area contributed by atoms with E-state index >= 15 is 0 Å². The maximum Gasteiger partial charge on any atom is 0.216 e. The van der Waals surface area contributed by atoms with Gasteiger partial charge >= 0.3 is 0 Å². The number of ether oxygens (including phenoxy) is 1. The van der Waals surface area contributed by atoms with Gasteiger partial charge in [-0.2, -0.15) is 13.8 Å². The van der Waals surface area contributed by atoms with Gasteiger partial charge < -0.3 is 15.0 Å². The predicted octanol–water partition coefficient (Wildman–Crippen LogP) is 2.49. The average Bonchev–Trinajstić information content (AvgIpc) is 2.94. The molecule has 6 nitrogen and oxygen atoms in total. The molecule has 3 heterocycles. The molecule has 1 aromatic rings. The zero-order valence-corrected chi connectivity index (χ0v) is 15.6. The summed E-state index contributed by atoms with van der Waals surface area (Å²) in [6.07, 6.45) is 4.16. The van der Waals surface area contributed by atoms with Gasteiger partial charge in [0.1, 0.15) is 16.8 Å². The van der Waals surface area contributed by atoms with Gasteiger partial charge in [0.15, 0.2) is 9.84 Å². The Balaban J connectivity index is 2.09. The van der Waals surface area contributed by atoms with Crippen molar-refractivity contribution in [1.29, 1.82) is 0 Å². The van der Waals surface area contributed by atoms with E-state index in [0.29, 0.717) is 5.70 Å². The van der Waals surface area contributed by atoms with Gasteiger partial charge in [0.25, 0.3) is 0 Å². The normalized spacial score (nSPS) is 20.0. The molecule has 9 heteroatoms. The fourth-order valence-electron chi connectivity index (χ4n) is 2.71. The number of hydrogen-bond acceptors (Lipinski definition) is 6. The zero-order chi connectivity index (χ0) is 19.3. The van der Waals surface area contributed by atoms with Gasteiger partial charge in [-0.15, -0.1) is 0 Å². The van der Waals surface area contributed by atoms with Crippen LogP contribution in [-0.2, 0) is 14.6 Å². The molecule has 2 aliphatic heterocycles.